The van der Waals surface area contributed by atoms with Crippen molar-refractivity contribution in [2.24, 2.45) is 0 Å². The first-order valence-corrected chi connectivity index (χ1v) is 13.0. The standard InChI is InChI=1S/C34H20OS/c1-2-13-32-26(8-1)28-11-5-9-25(34(28)36-32)22-16-14-21(15-17-22)24-18-19-30-29(20-24)27-10-3-6-23-7-4-12-31(35-30)33(23)27/h1-20H. The molecule has 6 aromatic carbocycles. The predicted molar refractivity (Wildman–Crippen MR) is 153 cm³/mol. The van der Waals surface area contributed by atoms with Gasteiger partial charge in [-0.2, -0.15) is 0 Å². The molecule has 168 valence electrons. The normalized spacial score (nSPS) is 12.1. The van der Waals surface area contributed by atoms with Gasteiger partial charge in [0.2, 0.25) is 0 Å². The van der Waals surface area contributed by atoms with E-state index in [4.69, 9.17) is 4.74 Å². The summed E-state index contributed by atoms with van der Waals surface area (Å²) in [6.45, 7) is 0. The van der Waals surface area contributed by atoms with Crippen LogP contribution in [0.5, 0.6) is 11.5 Å². The van der Waals surface area contributed by atoms with Crippen LogP contribution in [-0.4, -0.2) is 0 Å². The van der Waals surface area contributed by atoms with E-state index in [1.165, 1.54) is 58.8 Å². The van der Waals surface area contributed by atoms with Crippen LogP contribution in [0.4, 0.5) is 0 Å². The van der Waals surface area contributed by atoms with Crippen molar-refractivity contribution in [3.8, 4) is 44.9 Å². The zero-order valence-corrected chi connectivity index (χ0v) is 20.2. The zero-order valence-electron chi connectivity index (χ0n) is 19.4. The molecule has 0 saturated carbocycles. The van der Waals surface area contributed by atoms with Crippen LogP contribution in [0, 0.1) is 0 Å². The molecule has 0 amide bonds. The van der Waals surface area contributed by atoms with E-state index in [-0.39, 0.29) is 0 Å². The Morgan fingerprint density at radius 2 is 1.19 bits per heavy atom. The van der Waals surface area contributed by atoms with Crippen LogP contribution in [0.2, 0.25) is 0 Å². The molecule has 1 aromatic heterocycles. The highest BCUT2D eigenvalue weighted by Gasteiger charge is 2.20. The van der Waals surface area contributed by atoms with Crippen LogP contribution in [0.1, 0.15) is 0 Å². The Bertz CT molecular complexity index is 1960. The molecule has 0 radical (unpaired) electrons. The maximum absolute atomic E-state index is 6.28. The van der Waals surface area contributed by atoms with Gasteiger partial charge in [0.05, 0.1) is 0 Å². The van der Waals surface area contributed by atoms with E-state index < -0.39 is 0 Å². The number of fused-ring (bicyclic) bond motifs is 5. The third-order valence-corrected chi connectivity index (χ3v) is 8.51. The third kappa shape index (κ3) is 2.89. The summed E-state index contributed by atoms with van der Waals surface area (Å²) in [6, 6.07) is 43.6. The quantitative estimate of drug-likeness (QED) is 0.241. The predicted octanol–water partition coefficient (Wildman–Crippen LogP) is 10.3. The summed E-state index contributed by atoms with van der Waals surface area (Å²) in [4.78, 5) is 0. The lowest BCUT2D eigenvalue weighted by Crippen LogP contribution is -1.97. The van der Waals surface area contributed by atoms with Crippen molar-refractivity contribution in [2.45, 2.75) is 0 Å². The van der Waals surface area contributed by atoms with Gasteiger partial charge in [0.25, 0.3) is 0 Å². The second-order valence-corrected chi connectivity index (χ2v) is 10.4. The van der Waals surface area contributed by atoms with Gasteiger partial charge in [-0.15, -0.1) is 11.3 Å². The number of hydrogen-bond acceptors (Lipinski definition) is 2. The molecule has 0 bridgehead atoms. The number of rotatable bonds is 2. The minimum atomic E-state index is 0.915. The lowest BCUT2D eigenvalue weighted by atomic mass is 9.92. The van der Waals surface area contributed by atoms with Gasteiger partial charge in [-0.1, -0.05) is 97.1 Å². The monoisotopic (exact) mass is 476 g/mol. The fourth-order valence-corrected chi connectivity index (χ4v) is 6.80. The summed E-state index contributed by atoms with van der Waals surface area (Å²) in [5, 5.41) is 5.07. The van der Waals surface area contributed by atoms with Crippen molar-refractivity contribution >= 4 is 42.3 Å². The minimum absolute atomic E-state index is 0.915. The van der Waals surface area contributed by atoms with Crippen LogP contribution in [0.25, 0.3) is 64.3 Å². The molecule has 1 aliphatic heterocycles. The Morgan fingerprint density at radius 1 is 0.472 bits per heavy atom. The van der Waals surface area contributed by atoms with Crippen molar-refractivity contribution in [1.29, 1.82) is 0 Å². The van der Waals surface area contributed by atoms with Gasteiger partial charge in [0.15, 0.2) is 0 Å². The van der Waals surface area contributed by atoms with Crippen LogP contribution in [-0.2, 0) is 0 Å². The van der Waals surface area contributed by atoms with E-state index >= 15 is 0 Å². The highest BCUT2D eigenvalue weighted by atomic mass is 32.1. The van der Waals surface area contributed by atoms with Crippen LogP contribution in [0.3, 0.4) is 0 Å². The number of ether oxygens (including phenoxy) is 1. The van der Waals surface area contributed by atoms with Crippen molar-refractivity contribution in [1.82, 2.24) is 0 Å². The first-order chi connectivity index (χ1) is 17.8. The van der Waals surface area contributed by atoms with Crippen molar-refractivity contribution in [3.05, 3.63) is 121 Å². The third-order valence-electron chi connectivity index (χ3n) is 7.29. The Hall–Kier alpha value is -4.40. The SMILES string of the molecule is c1cc2c3c(cccc3c1)-c1cc(-c3ccc(-c4cccc5c4sc4ccccc45)cc3)ccc1O2. The van der Waals surface area contributed by atoms with Gasteiger partial charge in [-0.05, 0) is 57.5 Å². The van der Waals surface area contributed by atoms with Gasteiger partial charge in [-0.3, -0.25) is 0 Å². The summed E-state index contributed by atoms with van der Waals surface area (Å²) in [7, 11) is 0. The molecule has 0 spiro atoms. The van der Waals surface area contributed by atoms with Gasteiger partial charge < -0.3 is 4.74 Å². The second kappa shape index (κ2) is 7.55. The number of hydrogen-bond donors (Lipinski definition) is 0. The largest absolute Gasteiger partial charge is 0.456 e. The second-order valence-electron chi connectivity index (χ2n) is 9.33. The molecule has 1 aliphatic rings. The van der Waals surface area contributed by atoms with E-state index in [1.54, 1.807) is 0 Å². The van der Waals surface area contributed by atoms with E-state index in [9.17, 15) is 0 Å². The number of benzene rings is 6. The smallest absolute Gasteiger partial charge is 0.135 e. The molecule has 0 unspecified atom stereocenters. The van der Waals surface area contributed by atoms with Crippen molar-refractivity contribution in [2.75, 3.05) is 0 Å². The number of thiophene rings is 1. The fraction of sp³-hybridized carbons (Fsp3) is 0. The minimum Gasteiger partial charge on any atom is -0.456 e. The molecule has 36 heavy (non-hydrogen) atoms. The summed E-state index contributed by atoms with van der Waals surface area (Å²) in [5.41, 5.74) is 7.32. The molecule has 2 heterocycles. The topological polar surface area (TPSA) is 9.23 Å². The first kappa shape index (κ1) is 19.9. The molecule has 7 aromatic rings. The van der Waals surface area contributed by atoms with Gasteiger partial charge in [-0.25, -0.2) is 0 Å². The van der Waals surface area contributed by atoms with E-state index in [0.717, 1.165) is 17.1 Å². The zero-order chi connectivity index (χ0) is 23.6. The maximum Gasteiger partial charge on any atom is 0.135 e. The molecular formula is C34H20OS. The summed E-state index contributed by atoms with van der Waals surface area (Å²) < 4.78 is 8.97. The molecule has 8 rings (SSSR count). The highest BCUT2D eigenvalue weighted by Crippen LogP contribution is 2.47. The van der Waals surface area contributed by atoms with Crippen molar-refractivity contribution in [3.63, 3.8) is 0 Å². The Labute approximate surface area is 212 Å². The molecule has 2 heteroatoms. The van der Waals surface area contributed by atoms with E-state index in [2.05, 4.69) is 121 Å². The van der Waals surface area contributed by atoms with Gasteiger partial charge >= 0.3 is 0 Å². The molecule has 0 atom stereocenters. The molecule has 0 saturated heterocycles. The van der Waals surface area contributed by atoms with Crippen molar-refractivity contribution < 1.29 is 4.74 Å². The lowest BCUT2D eigenvalue weighted by molar-refractivity contribution is 0.487. The van der Waals surface area contributed by atoms with Crippen LogP contribution >= 0.6 is 11.3 Å². The molecule has 0 N–H and O–H groups in total. The average molecular weight is 477 g/mol. The summed E-state index contributed by atoms with van der Waals surface area (Å²) in [5.74, 6) is 1.85. The molecule has 1 nitrogen and oxygen atoms in total. The van der Waals surface area contributed by atoms with Gasteiger partial charge in [0.1, 0.15) is 11.5 Å². The van der Waals surface area contributed by atoms with E-state index in [1.807, 2.05) is 11.3 Å². The highest BCUT2D eigenvalue weighted by molar-refractivity contribution is 7.26. The lowest BCUT2D eigenvalue weighted by Gasteiger charge is -2.22. The van der Waals surface area contributed by atoms with Gasteiger partial charge in [0, 0.05) is 31.1 Å². The van der Waals surface area contributed by atoms with E-state index in [0.29, 0.717) is 0 Å². The molecule has 0 aliphatic carbocycles. The fourth-order valence-electron chi connectivity index (χ4n) is 5.56. The Balaban J connectivity index is 1.22. The molecule has 0 fully saturated rings. The maximum atomic E-state index is 6.28. The van der Waals surface area contributed by atoms with Crippen LogP contribution < -0.4 is 4.74 Å². The Kier molecular flexibility index (Phi) is 4.16. The average Bonchev–Trinajstić information content (AvgIpc) is 3.32. The summed E-state index contributed by atoms with van der Waals surface area (Å²) in [6.07, 6.45) is 0. The first-order valence-electron chi connectivity index (χ1n) is 12.2. The summed E-state index contributed by atoms with van der Waals surface area (Å²) >= 11 is 1.88. The van der Waals surface area contributed by atoms with Crippen LogP contribution in [0.15, 0.2) is 121 Å². The Morgan fingerprint density at radius 3 is 2.11 bits per heavy atom. The molecular weight excluding hydrogens is 456 g/mol.